The maximum Gasteiger partial charge on any atom is 0.00772 e. The molecule has 0 bridgehead atoms. The third-order valence-corrected chi connectivity index (χ3v) is 0.957. The quantitative estimate of drug-likeness (QED) is 0.465. The van der Waals surface area contributed by atoms with Crippen LogP contribution in [0.15, 0.2) is 0 Å². The maximum absolute atomic E-state index is 3.22. The molecule has 0 unspecified atom stereocenters. The average molecular weight is 145 g/mol. The predicted octanol–water partition coefficient (Wildman–Crippen LogP) is -0.823. The van der Waals surface area contributed by atoms with Gasteiger partial charge in [0.2, 0.25) is 0 Å². The van der Waals surface area contributed by atoms with E-state index in [4.69, 9.17) is 0 Å². The molecule has 1 heterocycles. The zero-order valence-corrected chi connectivity index (χ0v) is 5.20. The minimum Gasteiger partial charge on any atom is -0.314 e. The first kappa shape index (κ1) is 7.43. The van der Waals surface area contributed by atoms with Crippen molar-refractivity contribution in [2.75, 3.05) is 26.2 Å². The van der Waals surface area contributed by atoms with Crippen LogP contribution in [0.25, 0.3) is 0 Å². The van der Waals surface area contributed by atoms with Gasteiger partial charge in [-0.1, -0.05) is 0 Å². The van der Waals surface area contributed by atoms with Crippen LogP contribution in [0.5, 0.6) is 0 Å². The molecular formula is C4H10CoN2. The fourth-order valence-electron chi connectivity index (χ4n) is 0.604. The Labute approximate surface area is 54.2 Å². The second-order valence-corrected chi connectivity index (χ2v) is 1.50. The topological polar surface area (TPSA) is 24.1 Å². The van der Waals surface area contributed by atoms with Crippen molar-refractivity contribution in [3.05, 3.63) is 0 Å². The van der Waals surface area contributed by atoms with E-state index in [1.54, 1.807) is 0 Å². The summed E-state index contributed by atoms with van der Waals surface area (Å²) in [5.41, 5.74) is 0. The predicted molar refractivity (Wildman–Crippen MR) is 25.7 cm³/mol. The van der Waals surface area contributed by atoms with E-state index in [0.29, 0.717) is 0 Å². The summed E-state index contributed by atoms with van der Waals surface area (Å²) < 4.78 is 0. The van der Waals surface area contributed by atoms with E-state index in [-0.39, 0.29) is 16.8 Å². The normalized spacial score (nSPS) is 20.6. The summed E-state index contributed by atoms with van der Waals surface area (Å²) in [6.45, 7) is 4.56. The molecule has 1 aliphatic heterocycles. The van der Waals surface area contributed by atoms with Gasteiger partial charge in [0.15, 0.2) is 0 Å². The van der Waals surface area contributed by atoms with E-state index in [9.17, 15) is 0 Å². The van der Waals surface area contributed by atoms with E-state index >= 15 is 0 Å². The van der Waals surface area contributed by atoms with Gasteiger partial charge in [-0.25, -0.2) is 0 Å². The zero-order valence-electron chi connectivity index (χ0n) is 4.16. The first-order valence-electron chi connectivity index (χ1n) is 2.41. The molecule has 1 saturated heterocycles. The number of hydrogen-bond donors (Lipinski definition) is 2. The van der Waals surface area contributed by atoms with Crippen molar-refractivity contribution >= 4 is 0 Å². The molecule has 0 atom stereocenters. The fourth-order valence-corrected chi connectivity index (χ4v) is 0.604. The third-order valence-electron chi connectivity index (χ3n) is 0.957. The van der Waals surface area contributed by atoms with Crippen molar-refractivity contribution in [1.82, 2.24) is 10.6 Å². The Hall–Kier alpha value is 0.426. The number of rotatable bonds is 0. The molecule has 0 aromatic carbocycles. The fraction of sp³-hybridized carbons (Fsp3) is 1.00. The van der Waals surface area contributed by atoms with Gasteiger partial charge in [0.1, 0.15) is 0 Å². The molecule has 45 valence electrons. The summed E-state index contributed by atoms with van der Waals surface area (Å²) in [6, 6.07) is 0. The standard InChI is InChI=1S/C4H10N2.Co/c1-2-6-4-3-5-1;/h5-6H,1-4H2;. The molecule has 2 N–H and O–H groups in total. The minimum atomic E-state index is 0. The van der Waals surface area contributed by atoms with Crippen LogP contribution < -0.4 is 10.6 Å². The Bertz CT molecular complexity index is 25.2. The van der Waals surface area contributed by atoms with Crippen LogP contribution in [0.3, 0.4) is 0 Å². The molecule has 0 aromatic heterocycles. The summed E-state index contributed by atoms with van der Waals surface area (Å²) in [5, 5.41) is 6.44. The minimum absolute atomic E-state index is 0. The van der Waals surface area contributed by atoms with Gasteiger partial charge in [0.05, 0.1) is 0 Å². The molecule has 1 fully saturated rings. The monoisotopic (exact) mass is 145 g/mol. The van der Waals surface area contributed by atoms with Crippen LogP contribution in [0.4, 0.5) is 0 Å². The van der Waals surface area contributed by atoms with Crippen molar-refractivity contribution in [1.29, 1.82) is 0 Å². The Morgan fingerprint density at radius 1 is 0.714 bits per heavy atom. The summed E-state index contributed by atoms with van der Waals surface area (Å²) in [6.07, 6.45) is 0. The van der Waals surface area contributed by atoms with Crippen molar-refractivity contribution < 1.29 is 16.8 Å². The first-order valence-corrected chi connectivity index (χ1v) is 2.41. The van der Waals surface area contributed by atoms with E-state index < -0.39 is 0 Å². The largest absolute Gasteiger partial charge is 0.314 e. The van der Waals surface area contributed by atoms with Crippen LogP contribution in [0, 0.1) is 0 Å². The molecule has 0 saturated carbocycles. The SMILES string of the molecule is C1CNCCN1.[Co]. The van der Waals surface area contributed by atoms with Crippen molar-refractivity contribution in [3.8, 4) is 0 Å². The van der Waals surface area contributed by atoms with Gasteiger partial charge in [-0.15, -0.1) is 0 Å². The summed E-state index contributed by atoms with van der Waals surface area (Å²) in [5.74, 6) is 0. The van der Waals surface area contributed by atoms with Crippen LogP contribution in [0.1, 0.15) is 0 Å². The molecule has 1 aliphatic rings. The molecule has 1 radical (unpaired) electrons. The Morgan fingerprint density at radius 3 is 1.14 bits per heavy atom. The van der Waals surface area contributed by atoms with Crippen molar-refractivity contribution in [2.45, 2.75) is 0 Å². The molecular weight excluding hydrogens is 135 g/mol. The molecule has 0 spiro atoms. The van der Waals surface area contributed by atoms with Gasteiger partial charge in [-0.05, 0) is 0 Å². The number of nitrogens with one attached hydrogen (secondary N) is 2. The Morgan fingerprint density at radius 2 is 1.00 bits per heavy atom. The van der Waals surface area contributed by atoms with Gasteiger partial charge in [0.25, 0.3) is 0 Å². The van der Waals surface area contributed by atoms with E-state index in [2.05, 4.69) is 10.6 Å². The molecule has 0 amide bonds. The van der Waals surface area contributed by atoms with Crippen LogP contribution in [0.2, 0.25) is 0 Å². The second-order valence-electron chi connectivity index (χ2n) is 1.50. The van der Waals surface area contributed by atoms with E-state index in [1.165, 1.54) is 0 Å². The Kier molecular flexibility index (Phi) is 4.86. The van der Waals surface area contributed by atoms with Gasteiger partial charge in [-0.2, -0.15) is 0 Å². The second kappa shape index (κ2) is 4.58. The smallest absolute Gasteiger partial charge is 0.00772 e. The van der Waals surface area contributed by atoms with Crippen LogP contribution >= 0.6 is 0 Å². The average Bonchev–Trinajstić information content (AvgIpc) is 1.72. The molecule has 0 aliphatic carbocycles. The van der Waals surface area contributed by atoms with Crippen molar-refractivity contribution in [2.24, 2.45) is 0 Å². The van der Waals surface area contributed by atoms with E-state index in [0.717, 1.165) is 26.2 Å². The third kappa shape index (κ3) is 3.05. The van der Waals surface area contributed by atoms with Crippen LogP contribution in [-0.2, 0) is 16.8 Å². The van der Waals surface area contributed by atoms with Gasteiger partial charge in [0, 0.05) is 43.0 Å². The summed E-state index contributed by atoms with van der Waals surface area (Å²) >= 11 is 0. The van der Waals surface area contributed by atoms with Crippen LogP contribution in [-0.4, -0.2) is 26.2 Å². The molecule has 3 heteroatoms. The number of piperazine rings is 1. The molecule has 2 nitrogen and oxygen atoms in total. The van der Waals surface area contributed by atoms with Gasteiger partial charge < -0.3 is 10.6 Å². The molecule has 7 heavy (non-hydrogen) atoms. The summed E-state index contributed by atoms with van der Waals surface area (Å²) in [7, 11) is 0. The van der Waals surface area contributed by atoms with E-state index in [1.807, 2.05) is 0 Å². The van der Waals surface area contributed by atoms with Gasteiger partial charge >= 0.3 is 0 Å². The Balaban J connectivity index is 0.000000360. The molecule has 0 aromatic rings. The number of hydrogen-bond acceptors (Lipinski definition) is 2. The van der Waals surface area contributed by atoms with Gasteiger partial charge in [-0.3, -0.25) is 0 Å². The maximum atomic E-state index is 3.22. The zero-order chi connectivity index (χ0) is 4.24. The first-order chi connectivity index (χ1) is 3.00. The van der Waals surface area contributed by atoms with Crippen molar-refractivity contribution in [3.63, 3.8) is 0 Å². The summed E-state index contributed by atoms with van der Waals surface area (Å²) in [4.78, 5) is 0. The molecule has 1 rings (SSSR count).